The van der Waals surface area contributed by atoms with Crippen LogP contribution < -0.4 is 10.2 Å². The molecular formula is C20H19F2N3O3. The Balaban J connectivity index is 1.80. The highest BCUT2D eigenvalue weighted by atomic mass is 19.1. The number of imide groups is 1. The molecule has 1 heterocycles. The topological polar surface area (TPSA) is 69.7 Å². The van der Waals surface area contributed by atoms with Gasteiger partial charge in [0.15, 0.2) is 0 Å². The van der Waals surface area contributed by atoms with E-state index in [1.54, 1.807) is 13.8 Å². The van der Waals surface area contributed by atoms with Gasteiger partial charge in [0.2, 0.25) is 5.91 Å². The molecule has 4 amide bonds. The van der Waals surface area contributed by atoms with Crippen molar-refractivity contribution in [1.82, 2.24) is 4.90 Å². The zero-order chi connectivity index (χ0) is 20.4. The highest BCUT2D eigenvalue weighted by molar-refractivity contribution is 6.22. The van der Waals surface area contributed by atoms with Crippen LogP contribution >= 0.6 is 0 Å². The summed E-state index contributed by atoms with van der Waals surface area (Å²) in [6.07, 6.45) is -0.252. The van der Waals surface area contributed by atoms with Gasteiger partial charge in [-0.15, -0.1) is 0 Å². The largest absolute Gasteiger partial charge is 0.332 e. The molecule has 3 rings (SSSR count). The molecule has 6 nitrogen and oxygen atoms in total. The van der Waals surface area contributed by atoms with Crippen molar-refractivity contribution in [2.75, 3.05) is 10.2 Å². The Kier molecular flexibility index (Phi) is 5.39. The molecule has 1 N–H and O–H groups in total. The first-order valence-electron chi connectivity index (χ1n) is 8.75. The number of benzene rings is 2. The molecule has 28 heavy (non-hydrogen) atoms. The quantitative estimate of drug-likeness (QED) is 0.798. The molecule has 1 unspecified atom stereocenters. The summed E-state index contributed by atoms with van der Waals surface area (Å²) in [4.78, 5) is 40.4. The average Bonchev–Trinajstić information content (AvgIpc) is 2.88. The highest BCUT2D eigenvalue weighted by Gasteiger charge is 2.47. The van der Waals surface area contributed by atoms with Gasteiger partial charge in [0, 0.05) is 11.7 Å². The number of carbonyl (C=O) groups excluding carboxylic acids is 3. The number of anilines is 2. The first kappa shape index (κ1) is 19.5. The van der Waals surface area contributed by atoms with Crippen molar-refractivity contribution >= 4 is 29.2 Å². The van der Waals surface area contributed by atoms with Gasteiger partial charge in [-0.25, -0.2) is 18.5 Å². The van der Waals surface area contributed by atoms with Crippen LogP contribution in [0.15, 0.2) is 48.5 Å². The number of amides is 4. The molecule has 0 aromatic heterocycles. The number of hydrogen-bond donors (Lipinski definition) is 1. The molecule has 1 saturated heterocycles. The van der Waals surface area contributed by atoms with Gasteiger partial charge in [-0.1, -0.05) is 0 Å². The number of halogens is 2. The van der Waals surface area contributed by atoms with Gasteiger partial charge in [0.05, 0.1) is 12.1 Å². The zero-order valence-corrected chi connectivity index (χ0v) is 15.4. The minimum Gasteiger partial charge on any atom is -0.326 e. The fourth-order valence-corrected chi connectivity index (χ4v) is 3.13. The molecule has 146 valence electrons. The Morgan fingerprint density at radius 2 is 1.54 bits per heavy atom. The predicted molar refractivity (Wildman–Crippen MR) is 99.7 cm³/mol. The van der Waals surface area contributed by atoms with Crippen LogP contribution in [0.4, 0.5) is 25.0 Å². The molecule has 2 aromatic carbocycles. The average molecular weight is 387 g/mol. The van der Waals surface area contributed by atoms with Crippen molar-refractivity contribution in [3.63, 3.8) is 0 Å². The van der Waals surface area contributed by atoms with E-state index in [2.05, 4.69) is 5.32 Å². The van der Waals surface area contributed by atoms with Crippen LogP contribution in [-0.4, -0.2) is 34.8 Å². The lowest BCUT2D eigenvalue weighted by atomic mass is 10.1. The fraction of sp³-hybridized carbons (Fsp3) is 0.250. The van der Waals surface area contributed by atoms with E-state index in [-0.39, 0.29) is 18.2 Å². The smallest absolute Gasteiger partial charge is 0.326 e. The number of urea groups is 1. The van der Waals surface area contributed by atoms with E-state index in [4.69, 9.17) is 0 Å². The molecule has 0 radical (unpaired) electrons. The summed E-state index contributed by atoms with van der Waals surface area (Å²) in [5, 5.41) is 2.59. The minimum atomic E-state index is -0.988. The Labute approximate surface area is 160 Å². The maximum absolute atomic E-state index is 13.2. The number of carbonyl (C=O) groups is 3. The predicted octanol–water partition coefficient (Wildman–Crippen LogP) is 3.54. The molecule has 0 bridgehead atoms. The summed E-state index contributed by atoms with van der Waals surface area (Å²) in [5.74, 6) is -1.96. The van der Waals surface area contributed by atoms with Gasteiger partial charge in [0.25, 0.3) is 5.91 Å². The van der Waals surface area contributed by atoms with Crippen molar-refractivity contribution in [3.05, 3.63) is 60.2 Å². The maximum atomic E-state index is 13.2. The van der Waals surface area contributed by atoms with Crippen LogP contribution in [-0.2, 0) is 9.59 Å². The van der Waals surface area contributed by atoms with Gasteiger partial charge in [0.1, 0.15) is 17.7 Å². The summed E-state index contributed by atoms with van der Waals surface area (Å²) >= 11 is 0. The first-order valence-corrected chi connectivity index (χ1v) is 8.75. The third-order valence-electron chi connectivity index (χ3n) is 4.40. The first-order chi connectivity index (χ1) is 13.3. The standard InChI is InChI=1S/C20H19F2N3O3/c1-12(2)24-17(11-18(26)23-15-7-3-13(21)4-8-15)19(27)25(20(24)28)16-9-5-14(22)6-10-16/h3-10,12,17H,11H2,1-2H3,(H,23,26). The number of hydrogen-bond acceptors (Lipinski definition) is 3. The fourth-order valence-electron chi connectivity index (χ4n) is 3.13. The van der Waals surface area contributed by atoms with Crippen LogP contribution in [0.5, 0.6) is 0 Å². The van der Waals surface area contributed by atoms with E-state index < -0.39 is 35.5 Å². The molecular weight excluding hydrogens is 368 g/mol. The number of nitrogens with zero attached hydrogens (tertiary/aromatic N) is 2. The van der Waals surface area contributed by atoms with Crippen LogP contribution in [0.25, 0.3) is 0 Å². The van der Waals surface area contributed by atoms with Gasteiger partial charge in [-0.3, -0.25) is 9.59 Å². The van der Waals surface area contributed by atoms with Crippen molar-refractivity contribution < 1.29 is 23.2 Å². The lowest BCUT2D eigenvalue weighted by molar-refractivity contribution is -0.124. The lowest BCUT2D eigenvalue weighted by Crippen LogP contribution is -2.42. The number of nitrogens with one attached hydrogen (secondary N) is 1. The SMILES string of the molecule is CC(C)N1C(=O)N(c2ccc(F)cc2)C(=O)C1CC(=O)Nc1ccc(F)cc1. The summed E-state index contributed by atoms with van der Waals surface area (Å²) < 4.78 is 26.2. The van der Waals surface area contributed by atoms with Gasteiger partial charge < -0.3 is 10.2 Å². The van der Waals surface area contributed by atoms with Gasteiger partial charge in [-0.05, 0) is 62.4 Å². The van der Waals surface area contributed by atoms with E-state index in [9.17, 15) is 23.2 Å². The molecule has 1 aliphatic heterocycles. The molecule has 8 heteroatoms. The highest BCUT2D eigenvalue weighted by Crippen LogP contribution is 2.28. The Morgan fingerprint density at radius 3 is 2.07 bits per heavy atom. The molecule has 1 aliphatic rings. The van der Waals surface area contributed by atoms with Crippen LogP contribution in [0.1, 0.15) is 20.3 Å². The summed E-state index contributed by atoms with van der Waals surface area (Å²) in [7, 11) is 0. The summed E-state index contributed by atoms with van der Waals surface area (Å²) in [6, 6.07) is 8.32. The Bertz CT molecular complexity index is 898. The van der Waals surface area contributed by atoms with Gasteiger partial charge >= 0.3 is 6.03 Å². The molecule has 1 fully saturated rings. The second kappa shape index (κ2) is 7.75. The third-order valence-corrected chi connectivity index (χ3v) is 4.40. The Morgan fingerprint density at radius 1 is 1.00 bits per heavy atom. The molecule has 0 spiro atoms. The monoisotopic (exact) mass is 387 g/mol. The maximum Gasteiger partial charge on any atom is 0.332 e. The zero-order valence-electron chi connectivity index (χ0n) is 15.4. The molecule has 2 aromatic rings. The third kappa shape index (κ3) is 3.85. The van der Waals surface area contributed by atoms with E-state index in [0.717, 1.165) is 17.0 Å². The lowest BCUT2D eigenvalue weighted by Gasteiger charge is -2.25. The van der Waals surface area contributed by atoms with Crippen LogP contribution in [0.2, 0.25) is 0 Å². The molecule has 0 aliphatic carbocycles. The Hall–Kier alpha value is -3.29. The van der Waals surface area contributed by atoms with Crippen molar-refractivity contribution in [3.8, 4) is 0 Å². The van der Waals surface area contributed by atoms with E-state index in [1.807, 2.05) is 0 Å². The van der Waals surface area contributed by atoms with E-state index in [1.165, 1.54) is 41.3 Å². The normalized spacial score (nSPS) is 16.8. The molecule has 1 atom stereocenters. The summed E-state index contributed by atoms with van der Waals surface area (Å²) in [5.41, 5.74) is 0.623. The summed E-state index contributed by atoms with van der Waals surface area (Å²) in [6.45, 7) is 3.48. The second-order valence-electron chi connectivity index (χ2n) is 6.71. The van der Waals surface area contributed by atoms with Crippen molar-refractivity contribution in [2.45, 2.75) is 32.4 Å². The van der Waals surface area contributed by atoms with Crippen molar-refractivity contribution in [2.24, 2.45) is 0 Å². The van der Waals surface area contributed by atoms with E-state index in [0.29, 0.717) is 5.69 Å². The second-order valence-corrected chi connectivity index (χ2v) is 6.71. The minimum absolute atomic E-state index is 0.239. The van der Waals surface area contributed by atoms with Crippen LogP contribution in [0, 0.1) is 11.6 Å². The molecule has 0 saturated carbocycles. The number of rotatable bonds is 5. The van der Waals surface area contributed by atoms with E-state index >= 15 is 0 Å². The van der Waals surface area contributed by atoms with Crippen molar-refractivity contribution in [1.29, 1.82) is 0 Å². The van der Waals surface area contributed by atoms with Gasteiger partial charge in [-0.2, -0.15) is 0 Å². The van der Waals surface area contributed by atoms with Crippen LogP contribution in [0.3, 0.4) is 0 Å².